The van der Waals surface area contributed by atoms with Gasteiger partial charge >= 0.3 is 0 Å². The lowest BCUT2D eigenvalue weighted by Gasteiger charge is -2.30. The topological polar surface area (TPSA) is 154 Å². The highest BCUT2D eigenvalue weighted by atomic mass is 16.5. The number of carbonyl (C=O) groups excluding carboxylic acids is 2. The minimum absolute atomic E-state index is 0.0164. The third-order valence-corrected chi connectivity index (χ3v) is 7.28. The molecule has 0 bridgehead atoms. The fraction of sp³-hybridized carbons (Fsp3) is 0.161. The molecule has 0 aliphatic carbocycles. The van der Waals surface area contributed by atoms with E-state index in [4.69, 9.17) is 9.47 Å². The molecule has 6 rings (SSSR count). The van der Waals surface area contributed by atoms with E-state index in [2.05, 4.69) is 0 Å². The van der Waals surface area contributed by atoms with Crippen LogP contribution >= 0.6 is 0 Å². The first-order valence-electron chi connectivity index (χ1n) is 12.6. The summed E-state index contributed by atoms with van der Waals surface area (Å²) in [6.45, 7) is 1.94. The van der Waals surface area contributed by atoms with Crippen LogP contribution < -0.4 is 9.47 Å². The molecule has 0 unspecified atom stereocenters. The second kappa shape index (κ2) is 9.23. The van der Waals surface area contributed by atoms with E-state index in [9.17, 15) is 35.1 Å². The molecule has 0 spiro atoms. The largest absolute Gasteiger partial charge is 0.508 e. The summed E-state index contributed by atoms with van der Waals surface area (Å²) in [4.78, 5) is 26.4. The molecule has 0 fully saturated rings. The summed E-state index contributed by atoms with van der Waals surface area (Å²) in [6.07, 6.45) is -1.72. The van der Waals surface area contributed by atoms with E-state index in [1.807, 2.05) is 31.2 Å². The van der Waals surface area contributed by atoms with Gasteiger partial charge in [0.1, 0.15) is 63.6 Å². The molecular weight excluding hydrogens is 516 g/mol. The lowest BCUT2D eigenvalue weighted by Crippen LogP contribution is -2.22. The molecule has 2 heterocycles. The molecule has 202 valence electrons. The Bertz CT molecular complexity index is 1690. The maximum Gasteiger partial charge on any atom is 0.174 e. The fourth-order valence-electron chi connectivity index (χ4n) is 5.26. The summed E-state index contributed by atoms with van der Waals surface area (Å²) in [7, 11) is 0. The van der Waals surface area contributed by atoms with Gasteiger partial charge in [-0.2, -0.15) is 0 Å². The van der Waals surface area contributed by atoms with Crippen molar-refractivity contribution in [3.63, 3.8) is 0 Å². The molecule has 9 nitrogen and oxygen atoms in total. The van der Waals surface area contributed by atoms with Gasteiger partial charge in [0.25, 0.3) is 0 Å². The first-order chi connectivity index (χ1) is 19.1. The third-order valence-electron chi connectivity index (χ3n) is 7.28. The van der Waals surface area contributed by atoms with E-state index in [0.717, 1.165) is 17.2 Å². The van der Waals surface area contributed by atoms with Crippen molar-refractivity contribution >= 4 is 11.6 Å². The second-order valence-corrected chi connectivity index (χ2v) is 9.96. The Balaban J connectivity index is 1.48. The molecule has 0 saturated heterocycles. The zero-order valence-corrected chi connectivity index (χ0v) is 21.2. The standard InChI is InChI=1S/C31H24O9/c1-14-2-4-15(5-3-14)23-12-21(36)27-25(39-23)13-22(37)28(30(27)38)29-19(34)10-18(33)26-20(35)11-24(40-31(26)29)16-6-8-17(32)9-7-16/h2-10,13,23-24,32-34,37-38H,11-12H2,1H3/t23-,24-/m0/s1. The second-order valence-electron chi connectivity index (χ2n) is 9.96. The number of carbonyl (C=O) groups is 2. The van der Waals surface area contributed by atoms with E-state index in [-0.39, 0.29) is 52.3 Å². The number of aryl methyl sites for hydroxylation is 1. The van der Waals surface area contributed by atoms with Gasteiger partial charge in [-0.3, -0.25) is 9.59 Å². The lowest BCUT2D eigenvalue weighted by molar-refractivity contribution is 0.0833. The molecule has 2 atom stereocenters. The normalized spacial score (nSPS) is 17.9. The quantitative estimate of drug-likeness (QED) is 0.223. The summed E-state index contributed by atoms with van der Waals surface area (Å²) in [5.74, 6) is -3.57. The summed E-state index contributed by atoms with van der Waals surface area (Å²) in [6, 6.07) is 15.5. The first kappa shape index (κ1) is 25.1. The maximum absolute atomic E-state index is 13.3. The van der Waals surface area contributed by atoms with Crippen LogP contribution in [0.5, 0.6) is 40.2 Å². The van der Waals surface area contributed by atoms with Crippen molar-refractivity contribution < 1.29 is 44.6 Å². The number of hydrogen-bond acceptors (Lipinski definition) is 9. The predicted molar refractivity (Wildman–Crippen MR) is 142 cm³/mol. The van der Waals surface area contributed by atoms with Gasteiger partial charge in [0, 0.05) is 12.1 Å². The van der Waals surface area contributed by atoms with Crippen LogP contribution in [0.2, 0.25) is 0 Å². The summed E-state index contributed by atoms with van der Waals surface area (Å²) in [5, 5.41) is 53.4. The van der Waals surface area contributed by atoms with E-state index in [1.54, 1.807) is 12.1 Å². The summed E-state index contributed by atoms with van der Waals surface area (Å²) < 4.78 is 12.1. The van der Waals surface area contributed by atoms with Crippen molar-refractivity contribution in [3.05, 3.63) is 88.5 Å². The highest BCUT2D eigenvalue weighted by Gasteiger charge is 2.38. The van der Waals surface area contributed by atoms with Gasteiger partial charge in [0.05, 0.1) is 24.0 Å². The number of aromatic hydroxyl groups is 5. The molecule has 40 heavy (non-hydrogen) atoms. The molecule has 0 radical (unpaired) electrons. The molecule has 4 aromatic carbocycles. The minimum atomic E-state index is -0.859. The van der Waals surface area contributed by atoms with Crippen LogP contribution in [0.25, 0.3) is 11.1 Å². The molecule has 0 saturated carbocycles. The number of hydrogen-bond donors (Lipinski definition) is 5. The predicted octanol–water partition coefficient (Wildman–Crippen LogP) is 5.60. The SMILES string of the molecule is Cc1ccc([C@@H]2CC(=O)c3c(cc(O)c(-c4c(O)cc(O)c5c4O[C@H](c4ccc(O)cc4)CC5=O)c3O)O2)cc1. The Morgan fingerprint density at radius 3 is 1.80 bits per heavy atom. The number of fused-ring (bicyclic) bond motifs is 2. The molecule has 5 N–H and O–H groups in total. The van der Waals surface area contributed by atoms with E-state index >= 15 is 0 Å². The number of rotatable bonds is 3. The lowest BCUT2D eigenvalue weighted by atomic mass is 9.88. The Hall–Kier alpha value is -5.18. The number of phenolic OH excluding ortho intramolecular Hbond substituents is 5. The molecule has 2 aliphatic heterocycles. The van der Waals surface area contributed by atoms with Gasteiger partial charge in [-0.25, -0.2) is 0 Å². The van der Waals surface area contributed by atoms with E-state index in [1.165, 1.54) is 18.2 Å². The van der Waals surface area contributed by atoms with Crippen LogP contribution in [0.15, 0.2) is 60.7 Å². The summed E-state index contributed by atoms with van der Waals surface area (Å²) >= 11 is 0. The van der Waals surface area contributed by atoms with Gasteiger partial charge in [0.15, 0.2) is 11.6 Å². The Kier molecular flexibility index (Phi) is 5.80. The Morgan fingerprint density at radius 2 is 1.15 bits per heavy atom. The van der Waals surface area contributed by atoms with Crippen LogP contribution in [0.3, 0.4) is 0 Å². The van der Waals surface area contributed by atoms with Crippen LogP contribution in [-0.4, -0.2) is 37.1 Å². The van der Waals surface area contributed by atoms with Gasteiger partial charge in [0.2, 0.25) is 0 Å². The van der Waals surface area contributed by atoms with Crippen molar-refractivity contribution in [2.75, 3.05) is 0 Å². The van der Waals surface area contributed by atoms with Crippen LogP contribution in [0.4, 0.5) is 0 Å². The fourth-order valence-corrected chi connectivity index (χ4v) is 5.26. The number of phenols is 5. The minimum Gasteiger partial charge on any atom is -0.508 e. The highest BCUT2D eigenvalue weighted by Crippen LogP contribution is 2.56. The average Bonchev–Trinajstić information content (AvgIpc) is 2.90. The van der Waals surface area contributed by atoms with Crippen LogP contribution in [-0.2, 0) is 0 Å². The zero-order valence-electron chi connectivity index (χ0n) is 21.2. The van der Waals surface area contributed by atoms with E-state index < -0.39 is 46.8 Å². The highest BCUT2D eigenvalue weighted by molar-refractivity contribution is 6.09. The number of benzene rings is 4. The van der Waals surface area contributed by atoms with Crippen LogP contribution in [0.1, 0.15) is 62.5 Å². The van der Waals surface area contributed by atoms with Crippen molar-refractivity contribution in [1.29, 1.82) is 0 Å². The first-order valence-corrected chi connectivity index (χ1v) is 12.6. The van der Waals surface area contributed by atoms with Crippen LogP contribution in [0, 0.1) is 6.92 Å². The monoisotopic (exact) mass is 540 g/mol. The van der Waals surface area contributed by atoms with Gasteiger partial charge in [-0.1, -0.05) is 42.0 Å². The Morgan fingerprint density at radius 1 is 0.625 bits per heavy atom. The summed E-state index contributed by atoms with van der Waals surface area (Å²) in [5.41, 5.74) is 1.29. The van der Waals surface area contributed by atoms with Crippen molar-refractivity contribution in [1.82, 2.24) is 0 Å². The maximum atomic E-state index is 13.3. The smallest absolute Gasteiger partial charge is 0.174 e. The van der Waals surface area contributed by atoms with Gasteiger partial charge < -0.3 is 35.0 Å². The Labute approximate surface area is 228 Å². The molecule has 0 aromatic heterocycles. The van der Waals surface area contributed by atoms with Crippen molar-refractivity contribution in [2.24, 2.45) is 0 Å². The van der Waals surface area contributed by atoms with E-state index in [0.29, 0.717) is 5.56 Å². The molecule has 2 aliphatic rings. The molecule has 0 amide bonds. The zero-order chi connectivity index (χ0) is 28.3. The molecule has 9 heteroatoms. The third kappa shape index (κ3) is 4.03. The van der Waals surface area contributed by atoms with Crippen molar-refractivity contribution in [2.45, 2.75) is 32.0 Å². The molecular formula is C31H24O9. The number of ketones is 2. The van der Waals surface area contributed by atoms with Gasteiger partial charge in [-0.15, -0.1) is 0 Å². The molecule has 4 aromatic rings. The van der Waals surface area contributed by atoms with Crippen molar-refractivity contribution in [3.8, 4) is 51.4 Å². The number of Topliss-reactive ketones (excluding diaryl/α,β-unsaturated/α-hetero) is 2. The number of ether oxygens (including phenoxy) is 2. The average molecular weight is 541 g/mol. The van der Waals surface area contributed by atoms with Gasteiger partial charge in [-0.05, 0) is 30.2 Å².